The van der Waals surface area contributed by atoms with E-state index in [-0.39, 0.29) is 0 Å². The van der Waals surface area contributed by atoms with E-state index in [0.717, 1.165) is 36.7 Å². The second-order valence-corrected chi connectivity index (χ2v) is 7.11. The Kier molecular flexibility index (Phi) is 4.45. The SMILES string of the molecule is CN(Cc1cc(Br)cs1)CC1(C(=O)O)CCCC1. The fourth-order valence-electron chi connectivity index (χ4n) is 2.77. The normalized spacial score (nSPS) is 18.4. The molecular formula is C13H18BrNO2S. The van der Waals surface area contributed by atoms with Crippen LogP contribution in [0.3, 0.4) is 0 Å². The van der Waals surface area contributed by atoms with Gasteiger partial charge >= 0.3 is 5.97 Å². The van der Waals surface area contributed by atoms with Gasteiger partial charge in [0.25, 0.3) is 0 Å². The van der Waals surface area contributed by atoms with Gasteiger partial charge in [0, 0.05) is 27.8 Å². The van der Waals surface area contributed by atoms with E-state index >= 15 is 0 Å². The predicted octanol–water partition coefficient (Wildman–Crippen LogP) is 3.59. The highest BCUT2D eigenvalue weighted by atomic mass is 79.9. The topological polar surface area (TPSA) is 40.5 Å². The van der Waals surface area contributed by atoms with Crippen molar-refractivity contribution in [3.05, 3.63) is 20.8 Å². The van der Waals surface area contributed by atoms with E-state index in [1.807, 2.05) is 7.05 Å². The lowest BCUT2D eigenvalue weighted by atomic mass is 9.86. The minimum Gasteiger partial charge on any atom is -0.481 e. The van der Waals surface area contributed by atoms with E-state index in [1.54, 1.807) is 11.3 Å². The third-order valence-electron chi connectivity index (χ3n) is 3.63. The maximum Gasteiger partial charge on any atom is 0.310 e. The molecule has 0 aliphatic heterocycles. The number of carboxylic acids is 1. The first-order valence-corrected chi connectivity index (χ1v) is 7.84. The maximum atomic E-state index is 11.5. The van der Waals surface area contributed by atoms with Gasteiger partial charge in [0.05, 0.1) is 5.41 Å². The molecular weight excluding hydrogens is 314 g/mol. The average molecular weight is 332 g/mol. The molecule has 0 saturated heterocycles. The Hall–Kier alpha value is -0.390. The highest BCUT2D eigenvalue weighted by Gasteiger charge is 2.41. The van der Waals surface area contributed by atoms with Crippen molar-refractivity contribution in [1.29, 1.82) is 0 Å². The van der Waals surface area contributed by atoms with Gasteiger partial charge in [-0.3, -0.25) is 4.79 Å². The average Bonchev–Trinajstić information content (AvgIpc) is 2.89. The summed E-state index contributed by atoms with van der Waals surface area (Å²) in [5.74, 6) is -0.626. The van der Waals surface area contributed by atoms with Crippen molar-refractivity contribution in [2.45, 2.75) is 32.2 Å². The Balaban J connectivity index is 1.97. The Bertz CT molecular complexity index is 426. The van der Waals surface area contributed by atoms with E-state index < -0.39 is 11.4 Å². The van der Waals surface area contributed by atoms with Crippen molar-refractivity contribution in [3.63, 3.8) is 0 Å². The molecule has 1 aliphatic rings. The van der Waals surface area contributed by atoms with Crippen LogP contribution >= 0.6 is 27.3 Å². The quantitative estimate of drug-likeness (QED) is 0.896. The minimum absolute atomic E-state index is 0.511. The second kappa shape index (κ2) is 5.72. The number of rotatable bonds is 5. The molecule has 1 aliphatic carbocycles. The first-order valence-electron chi connectivity index (χ1n) is 6.17. The van der Waals surface area contributed by atoms with Crippen LogP contribution in [0.1, 0.15) is 30.6 Å². The monoisotopic (exact) mass is 331 g/mol. The number of carbonyl (C=O) groups is 1. The van der Waals surface area contributed by atoms with Crippen molar-refractivity contribution >= 4 is 33.2 Å². The largest absolute Gasteiger partial charge is 0.481 e. The lowest BCUT2D eigenvalue weighted by Gasteiger charge is -2.29. The molecule has 2 rings (SSSR count). The number of hydrogen-bond acceptors (Lipinski definition) is 3. The van der Waals surface area contributed by atoms with Gasteiger partial charge in [0.15, 0.2) is 0 Å². The summed E-state index contributed by atoms with van der Waals surface area (Å²) in [7, 11) is 2.01. The second-order valence-electron chi connectivity index (χ2n) is 5.20. The van der Waals surface area contributed by atoms with Crippen LogP contribution < -0.4 is 0 Å². The first-order chi connectivity index (χ1) is 8.52. The third-order valence-corrected chi connectivity index (χ3v) is 5.32. The summed E-state index contributed by atoms with van der Waals surface area (Å²) in [5, 5.41) is 11.5. The zero-order valence-corrected chi connectivity index (χ0v) is 12.9. The molecule has 0 unspecified atom stereocenters. The molecule has 1 aromatic rings. The van der Waals surface area contributed by atoms with Crippen LogP contribution in [0.25, 0.3) is 0 Å². The summed E-state index contributed by atoms with van der Waals surface area (Å²) in [4.78, 5) is 14.9. The van der Waals surface area contributed by atoms with E-state index in [1.165, 1.54) is 4.88 Å². The molecule has 0 amide bonds. The molecule has 0 spiro atoms. The maximum absolute atomic E-state index is 11.5. The summed E-state index contributed by atoms with van der Waals surface area (Å²) in [5.41, 5.74) is -0.511. The molecule has 5 heteroatoms. The zero-order valence-electron chi connectivity index (χ0n) is 10.5. The van der Waals surface area contributed by atoms with Gasteiger partial charge in [-0.1, -0.05) is 12.8 Å². The van der Waals surface area contributed by atoms with Crippen LogP contribution in [0.4, 0.5) is 0 Å². The number of hydrogen-bond donors (Lipinski definition) is 1. The highest BCUT2D eigenvalue weighted by molar-refractivity contribution is 9.10. The van der Waals surface area contributed by atoms with Crippen LogP contribution in [0.15, 0.2) is 15.9 Å². The number of nitrogens with zero attached hydrogens (tertiary/aromatic N) is 1. The Morgan fingerprint density at radius 3 is 2.72 bits per heavy atom. The Morgan fingerprint density at radius 1 is 1.56 bits per heavy atom. The molecule has 1 aromatic heterocycles. The first kappa shape index (κ1) is 14.0. The van der Waals surface area contributed by atoms with Crippen LogP contribution in [-0.2, 0) is 11.3 Å². The fraction of sp³-hybridized carbons (Fsp3) is 0.615. The van der Waals surface area contributed by atoms with Crippen molar-refractivity contribution in [3.8, 4) is 0 Å². The van der Waals surface area contributed by atoms with Crippen molar-refractivity contribution in [2.75, 3.05) is 13.6 Å². The van der Waals surface area contributed by atoms with Gasteiger partial charge in [0.2, 0.25) is 0 Å². The molecule has 18 heavy (non-hydrogen) atoms. The van der Waals surface area contributed by atoms with Gasteiger partial charge < -0.3 is 10.0 Å². The molecule has 100 valence electrons. The zero-order chi connectivity index (χ0) is 13.2. The fourth-order valence-corrected chi connectivity index (χ4v) is 4.30. The molecule has 0 bridgehead atoms. The van der Waals surface area contributed by atoms with Gasteiger partial charge in [-0.05, 0) is 41.9 Å². The number of thiophene rings is 1. The Labute approximate surface area is 120 Å². The molecule has 0 aromatic carbocycles. The highest BCUT2D eigenvalue weighted by Crippen LogP contribution is 2.39. The van der Waals surface area contributed by atoms with Crippen LogP contribution in [-0.4, -0.2) is 29.6 Å². The molecule has 3 nitrogen and oxygen atoms in total. The van der Waals surface area contributed by atoms with Crippen LogP contribution in [0.5, 0.6) is 0 Å². The van der Waals surface area contributed by atoms with E-state index in [0.29, 0.717) is 6.54 Å². The number of carboxylic acid groups (broad SMARTS) is 1. The number of halogens is 1. The van der Waals surface area contributed by atoms with E-state index in [4.69, 9.17) is 0 Å². The molecule has 0 radical (unpaired) electrons. The minimum atomic E-state index is -0.626. The van der Waals surface area contributed by atoms with Gasteiger partial charge in [-0.25, -0.2) is 0 Å². The molecule has 1 fully saturated rings. The third kappa shape index (κ3) is 3.13. The van der Waals surface area contributed by atoms with Crippen LogP contribution in [0, 0.1) is 5.41 Å². The summed E-state index contributed by atoms with van der Waals surface area (Å²) in [6.45, 7) is 1.48. The molecule has 0 atom stereocenters. The predicted molar refractivity (Wildman–Crippen MR) is 76.9 cm³/mol. The summed E-state index contributed by atoms with van der Waals surface area (Å²) >= 11 is 5.15. The van der Waals surface area contributed by atoms with Crippen molar-refractivity contribution in [2.24, 2.45) is 5.41 Å². The summed E-state index contributed by atoms with van der Waals surface area (Å²) < 4.78 is 1.10. The lowest BCUT2D eigenvalue weighted by Crippen LogP contribution is -2.39. The molecule has 1 heterocycles. The van der Waals surface area contributed by atoms with Gasteiger partial charge in [-0.2, -0.15) is 0 Å². The number of aliphatic carboxylic acids is 1. The molecule has 1 saturated carbocycles. The van der Waals surface area contributed by atoms with Crippen molar-refractivity contribution < 1.29 is 9.90 Å². The summed E-state index contributed by atoms with van der Waals surface area (Å²) in [6.07, 6.45) is 3.73. The standard InChI is InChI=1S/C13H18BrNO2S/c1-15(7-11-6-10(14)8-18-11)9-13(12(16)17)4-2-3-5-13/h6,8H,2-5,7,9H2,1H3,(H,16,17). The smallest absolute Gasteiger partial charge is 0.310 e. The Morgan fingerprint density at radius 2 is 2.22 bits per heavy atom. The van der Waals surface area contributed by atoms with Gasteiger partial charge in [-0.15, -0.1) is 11.3 Å². The van der Waals surface area contributed by atoms with Gasteiger partial charge in [0.1, 0.15) is 0 Å². The van der Waals surface area contributed by atoms with Crippen molar-refractivity contribution in [1.82, 2.24) is 4.90 Å². The summed E-state index contributed by atoms with van der Waals surface area (Å²) in [6, 6.07) is 2.10. The van der Waals surface area contributed by atoms with E-state index in [9.17, 15) is 9.90 Å². The lowest BCUT2D eigenvalue weighted by molar-refractivity contribution is -0.149. The van der Waals surface area contributed by atoms with E-state index in [2.05, 4.69) is 32.3 Å². The van der Waals surface area contributed by atoms with Crippen LogP contribution in [0.2, 0.25) is 0 Å². The molecule has 1 N–H and O–H groups in total.